The summed E-state index contributed by atoms with van der Waals surface area (Å²) in [7, 11) is -7.13. The van der Waals surface area contributed by atoms with E-state index in [1.165, 1.54) is 16.7 Å². The van der Waals surface area contributed by atoms with Gasteiger partial charge in [-0.2, -0.15) is 20.4 Å². The molecule has 0 aromatic heterocycles. The lowest BCUT2D eigenvalue weighted by Crippen LogP contribution is -2.45. The summed E-state index contributed by atoms with van der Waals surface area (Å²) in [5.41, 5.74) is 8.14. The van der Waals surface area contributed by atoms with Crippen molar-refractivity contribution in [2.24, 2.45) is 0 Å². The Labute approximate surface area is 319 Å². The third-order valence-electron chi connectivity index (χ3n) is 11.3. The Morgan fingerprint density at radius 2 is 0.887 bits per heavy atom. The summed E-state index contributed by atoms with van der Waals surface area (Å²) in [5.74, 6) is 2.32. The Morgan fingerprint density at radius 1 is 0.453 bits per heavy atom. The van der Waals surface area contributed by atoms with Crippen molar-refractivity contribution in [3.8, 4) is 0 Å². The zero-order valence-corrected chi connectivity index (χ0v) is 32.7. The molecule has 4 aliphatic rings. The van der Waals surface area contributed by atoms with Gasteiger partial charge in [0.15, 0.2) is 0 Å². The van der Waals surface area contributed by atoms with Crippen molar-refractivity contribution in [3.63, 3.8) is 0 Å². The molecule has 0 radical (unpaired) electrons. The molecule has 8 rings (SSSR count). The van der Waals surface area contributed by atoms with Crippen LogP contribution in [0.4, 0.5) is 0 Å². The van der Waals surface area contributed by atoms with Crippen LogP contribution < -0.4 is 0 Å². The molecule has 0 bridgehead atoms. The van der Waals surface area contributed by atoms with Crippen LogP contribution in [0, 0.1) is 0 Å². The van der Waals surface area contributed by atoms with Gasteiger partial charge in [-0.25, -0.2) is 16.8 Å². The van der Waals surface area contributed by atoms with Gasteiger partial charge in [0, 0.05) is 96.6 Å². The van der Waals surface area contributed by atoms with Gasteiger partial charge in [0.2, 0.25) is 20.0 Å². The Hall–Kier alpha value is -3.07. The summed E-state index contributed by atoms with van der Waals surface area (Å²) >= 11 is 1.99. The quantitative estimate of drug-likeness (QED) is 0.222. The van der Waals surface area contributed by atoms with Crippen LogP contribution in [0.2, 0.25) is 0 Å². The van der Waals surface area contributed by atoms with Crippen LogP contribution in [0.1, 0.15) is 38.9 Å². The molecule has 2 fully saturated rings. The van der Waals surface area contributed by atoms with Gasteiger partial charge in [-0.05, 0) is 76.1 Å². The van der Waals surface area contributed by atoms with Crippen molar-refractivity contribution in [2.45, 2.75) is 55.4 Å². The number of benzene rings is 4. The van der Waals surface area contributed by atoms with Gasteiger partial charge in [0.1, 0.15) is 0 Å². The molecule has 4 aromatic rings. The fourth-order valence-corrected chi connectivity index (χ4v) is 11.9. The maximum Gasteiger partial charge on any atom is 0.243 e. The van der Waals surface area contributed by atoms with Crippen molar-refractivity contribution >= 4 is 31.8 Å². The molecular formula is C41H49N5O4S3. The molecule has 280 valence electrons. The van der Waals surface area contributed by atoms with Crippen LogP contribution in [-0.2, 0) is 65.6 Å². The molecule has 0 saturated carbocycles. The predicted octanol–water partition coefficient (Wildman–Crippen LogP) is 5.05. The average Bonchev–Trinajstić information content (AvgIpc) is 3.19. The van der Waals surface area contributed by atoms with E-state index in [0.29, 0.717) is 36.0 Å². The molecule has 0 aliphatic carbocycles. The van der Waals surface area contributed by atoms with E-state index in [0.717, 1.165) is 106 Å². The topological polar surface area (TPSA) is 84.5 Å². The number of hydrogen-bond acceptors (Lipinski definition) is 8. The third-order valence-corrected chi connectivity index (χ3v) is 15.9. The minimum Gasteiger partial charge on any atom is -0.297 e. The summed E-state index contributed by atoms with van der Waals surface area (Å²) in [4.78, 5) is 8.06. The van der Waals surface area contributed by atoms with E-state index in [1.807, 2.05) is 54.2 Å². The number of sulfonamides is 2. The predicted molar refractivity (Wildman–Crippen MR) is 212 cm³/mol. The maximum atomic E-state index is 13.7. The highest BCUT2D eigenvalue weighted by atomic mass is 32.2. The lowest BCUT2D eigenvalue weighted by Gasteiger charge is -2.35. The highest BCUT2D eigenvalue weighted by Crippen LogP contribution is 2.28. The third kappa shape index (κ3) is 8.45. The second-order valence-electron chi connectivity index (χ2n) is 14.8. The van der Waals surface area contributed by atoms with Gasteiger partial charge < -0.3 is 0 Å². The molecule has 12 heteroatoms. The van der Waals surface area contributed by atoms with Gasteiger partial charge in [-0.1, -0.05) is 66.7 Å². The number of fused-ring (bicyclic) bond motifs is 2. The number of nitrogens with zero attached hydrogens (tertiary/aromatic N) is 5. The highest BCUT2D eigenvalue weighted by Gasteiger charge is 2.30. The number of piperazine rings is 1. The first kappa shape index (κ1) is 36.9. The van der Waals surface area contributed by atoms with E-state index in [2.05, 4.69) is 39.0 Å². The molecule has 0 spiro atoms. The van der Waals surface area contributed by atoms with Crippen LogP contribution in [0.15, 0.2) is 101 Å². The molecule has 53 heavy (non-hydrogen) atoms. The van der Waals surface area contributed by atoms with E-state index in [-0.39, 0.29) is 0 Å². The monoisotopic (exact) mass is 771 g/mol. The standard InChI is InChI=1S/C41H49N5O4S3/c47-52(48,45-17-15-36-3-1-2-4-38(36)31-45)40-11-6-33(7-12-40)28-42-19-21-43(22-20-42)30-35-5-10-37-16-18-46(32-39(37)27-35)53(49,50)41-13-8-34(9-14-41)29-44-23-25-51-26-24-44/h1-14,27H,15-26,28-32H2. The van der Waals surface area contributed by atoms with Crippen LogP contribution in [0.5, 0.6) is 0 Å². The second-order valence-corrected chi connectivity index (χ2v) is 19.9. The average molecular weight is 772 g/mol. The lowest BCUT2D eigenvalue weighted by molar-refractivity contribution is 0.122. The molecule has 0 unspecified atom stereocenters. The summed E-state index contributed by atoms with van der Waals surface area (Å²) in [5, 5.41) is 0. The highest BCUT2D eigenvalue weighted by molar-refractivity contribution is 7.99. The smallest absolute Gasteiger partial charge is 0.243 e. The Kier molecular flexibility index (Phi) is 11.1. The Balaban J connectivity index is 0.826. The number of hydrogen-bond donors (Lipinski definition) is 0. The molecule has 4 aromatic carbocycles. The minimum atomic E-state index is -3.58. The molecule has 0 amide bonds. The van der Waals surface area contributed by atoms with E-state index in [1.54, 1.807) is 32.9 Å². The van der Waals surface area contributed by atoms with Crippen LogP contribution >= 0.6 is 11.8 Å². The number of rotatable bonds is 10. The normalized spacial score (nSPS) is 19.8. The molecule has 0 atom stereocenters. The number of thioether (sulfide) groups is 1. The Morgan fingerprint density at radius 3 is 1.43 bits per heavy atom. The minimum absolute atomic E-state index is 0.355. The second kappa shape index (κ2) is 16.0. The first-order valence-electron chi connectivity index (χ1n) is 18.8. The van der Waals surface area contributed by atoms with Crippen molar-refractivity contribution in [1.82, 2.24) is 23.3 Å². The molecule has 2 saturated heterocycles. The largest absolute Gasteiger partial charge is 0.297 e. The lowest BCUT2D eigenvalue weighted by atomic mass is 9.98. The molecule has 4 aliphatic heterocycles. The first-order valence-corrected chi connectivity index (χ1v) is 22.8. The summed E-state index contributed by atoms with van der Waals surface area (Å²) in [6, 6.07) is 29.6. The summed E-state index contributed by atoms with van der Waals surface area (Å²) < 4.78 is 57.5. The van der Waals surface area contributed by atoms with E-state index in [9.17, 15) is 16.8 Å². The van der Waals surface area contributed by atoms with E-state index < -0.39 is 20.0 Å². The van der Waals surface area contributed by atoms with Crippen LogP contribution in [0.25, 0.3) is 0 Å². The zero-order valence-electron chi connectivity index (χ0n) is 30.3. The van der Waals surface area contributed by atoms with Gasteiger partial charge in [0.05, 0.1) is 9.79 Å². The Bertz CT molecular complexity index is 2110. The van der Waals surface area contributed by atoms with E-state index >= 15 is 0 Å². The summed E-state index contributed by atoms with van der Waals surface area (Å²) in [6.07, 6.45) is 1.46. The summed E-state index contributed by atoms with van der Waals surface area (Å²) in [6.45, 7) is 10.2. The van der Waals surface area contributed by atoms with Crippen molar-refractivity contribution in [3.05, 3.63) is 130 Å². The van der Waals surface area contributed by atoms with Gasteiger partial charge in [0.25, 0.3) is 0 Å². The van der Waals surface area contributed by atoms with Crippen LogP contribution in [-0.4, -0.2) is 104 Å². The van der Waals surface area contributed by atoms with Crippen molar-refractivity contribution < 1.29 is 16.8 Å². The molecule has 9 nitrogen and oxygen atoms in total. The van der Waals surface area contributed by atoms with Crippen LogP contribution in [0.3, 0.4) is 0 Å². The molecule has 4 heterocycles. The van der Waals surface area contributed by atoms with E-state index in [4.69, 9.17) is 0 Å². The van der Waals surface area contributed by atoms with Crippen molar-refractivity contribution in [1.29, 1.82) is 0 Å². The first-order chi connectivity index (χ1) is 25.7. The van der Waals surface area contributed by atoms with Gasteiger partial charge >= 0.3 is 0 Å². The molecule has 0 N–H and O–H groups in total. The van der Waals surface area contributed by atoms with Gasteiger partial charge in [-0.15, -0.1) is 0 Å². The fraction of sp³-hybridized carbons (Fsp3) is 0.415. The maximum absolute atomic E-state index is 13.7. The van der Waals surface area contributed by atoms with Gasteiger partial charge in [-0.3, -0.25) is 14.7 Å². The SMILES string of the molecule is O=S(=O)(c1ccc(CN2CCN(Cc3ccc4c(c3)CN(S(=O)(=O)c3ccc(CN5CCSCC5)cc3)CC4)CC2)cc1)N1CCc2ccccc2C1. The fourth-order valence-electron chi connectivity index (χ4n) is 8.03. The molecular weight excluding hydrogens is 723 g/mol. The van der Waals surface area contributed by atoms with Crippen molar-refractivity contribution in [2.75, 3.05) is 63.9 Å². The zero-order chi connectivity index (χ0) is 36.4.